The predicted molar refractivity (Wildman–Crippen MR) is 138 cm³/mol. The molecule has 4 nitrogen and oxygen atoms in total. The molecule has 1 aromatic heterocycles. The summed E-state index contributed by atoms with van der Waals surface area (Å²) in [6, 6.07) is 11.2. The number of aromatic nitrogens is 1. The number of rotatable bonds is 3. The fourth-order valence-electron chi connectivity index (χ4n) is 7.69. The van der Waals surface area contributed by atoms with Gasteiger partial charge in [0.1, 0.15) is 6.17 Å². The van der Waals surface area contributed by atoms with Crippen LogP contribution in [-0.4, -0.2) is 41.5 Å². The van der Waals surface area contributed by atoms with Crippen LogP contribution in [0.5, 0.6) is 0 Å². The van der Waals surface area contributed by atoms with Crippen molar-refractivity contribution in [2.45, 2.75) is 88.3 Å². The van der Waals surface area contributed by atoms with Gasteiger partial charge in [-0.3, -0.25) is 4.79 Å². The molecule has 1 amide bonds. The number of thiazole rings is 1. The van der Waals surface area contributed by atoms with Gasteiger partial charge in [0, 0.05) is 36.0 Å². The lowest BCUT2D eigenvalue weighted by Crippen LogP contribution is -2.55. The number of halogens is 1. The second-order valence-electron chi connectivity index (χ2n) is 11.4. The number of hydrogen-bond acceptors (Lipinski definition) is 4. The highest BCUT2D eigenvalue weighted by molar-refractivity contribution is 7.11. The molecule has 4 aliphatic rings. The Labute approximate surface area is 212 Å². The smallest absolute Gasteiger partial charge is 0.228 e. The van der Waals surface area contributed by atoms with E-state index in [2.05, 4.69) is 45.5 Å². The molecule has 35 heavy (non-hydrogen) atoms. The van der Waals surface area contributed by atoms with Crippen LogP contribution in [0.1, 0.15) is 91.0 Å². The van der Waals surface area contributed by atoms with E-state index < -0.39 is 6.17 Å². The van der Waals surface area contributed by atoms with Gasteiger partial charge in [0.15, 0.2) is 0 Å². The van der Waals surface area contributed by atoms with Crippen molar-refractivity contribution in [1.29, 1.82) is 0 Å². The number of carbonyl (C=O) groups is 1. The van der Waals surface area contributed by atoms with Crippen molar-refractivity contribution in [3.05, 3.63) is 51.5 Å². The zero-order chi connectivity index (χ0) is 24.0. The van der Waals surface area contributed by atoms with Crippen LogP contribution in [0.15, 0.2) is 30.3 Å². The summed E-state index contributed by atoms with van der Waals surface area (Å²) < 4.78 is 14.8. The molecule has 0 bridgehead atoms. The molecule has 3 fully saturated rings. The molecule has 188 valence electrons. The summed E-state index contributed by atoms with van der Waals surface area (Å²) in [5, 5.41) is 4.47. The largest absolute Gasteiger partial charge is 0.339 e. The highest BCUT2D eigenvalue weighted by Crippen LogP contribution is 2.52. The number of nitrogens with one attached hydrogen (secondary N) is 1. The summed E-state index contributed by atoms with van der Waals surface area (Å²) >= 11 is 1.62. The third-order valence-corrected chi connectivity index (χ3v) is 10.7. The minimum absolute atomic E-state index is 0.118. The van der Waals surface area contributed by atoms with Gasteiger partial charge in [-0.05, 0) is 62.8 Å². The normalized spacial score (nSPS) is 33.7. The van der Waals surface area contributed by atoms with Crippen molar-refractivity contribution in [3.63, 3.8) is 0 Å². The zero-order valence-electron chi connectivity index (χ0n) is 20.8. The second kappa shape index (κ2) is 9.59. The van der Waals surface area contributed by atoms with Crippen LogP contribution in [0.25, 0.3) is 0 Å². The molecule has 6 rings (SSSR count). The van der Waals surface area contributed by atoms with E-state index >= 15 is 0 Å². The Hall–Kier alpha value is -1.79. The van der Waals surface area contributed by atoms with Gasteiger partial charge in [0.05, 0.1) is 16.6 Å². The van der Waals surface area contributed by atoms with E-state index in [4.69, 9.17) is 0 Å². The highest BCUT2D eigenvalue weighted by Gasteiger charge is 2.55. The van der Waals surface area contributed by atoms with Crippen LogP contribution >= 0.6 is 11.3 Å². The molecule has 1 spiro atoms. The number of likely N-dealkylation sites (tertiary alicyclic amines) is 1. The van der Waals surface area contributed by atoms with Crippen molar-refractivity contribution in [1.82, 2.24) is 15.2 Å². The third-order valence-electron chi connectivity index (χ3n) is 9.50. The van der Waals surface area contributed by atoms with Crippen LogP contribution < -0.4 is 5.32 Å². The maximum Gasteiger partial charge on any atom is 0.228 e. The minimum Gasteiger partial charge on any atom is -0.339 e. The summed E-state index contributed by atoms with van der Waals surface area (Å²) in [6.07, 6.45) is 8.71. The average Bonchev–Trinajstić information content (AvgIpc) is 3.51. The lowest BCUT2D eigenvalue weighted by atomic mass is 9.67. The molecule has 2 aliphatic heterocycles. The van der Waals surface area contributed by atoms with Crippen molar-refractivity contribution >= 4 is 17.2 Å². The highest BCUT2D eigenvalue weighted by atomic mass is 32.1. The SMILES string of the molecule is Cc1nc2c(s1)[C@]1(CCC2F)CNCC1C(=O)N1CC[C@@H](c2ccccc2)C[C@H]1C1CCCCC1. The van der Waals surface area contributed by atoms with E-state index in [1.807, 2.05) is 6.92 Å². The van der Waals surface area contributed by atoms with E-state index in [0.717, 1.165) is 42.2 Å². The molecule has 0 radical (unpaired) electrons. The summed E-state index contributed by atoms with van der Waals surface area (Å²) in [5.74, 6) is 1.33. The van der Waals surface area contributed by atoms with Crippen LogP contribution in [0.3, 0.4) is 0 Å². The average molecular weight is 496 g/mol. The Morgan fingerprint density at radius 3 is 2.74 bits per heavy atom. The van der Waals surface area contributed by atoms with Gasteiger partial charge in [0.2, 0.25) is 5.91 Å². The quantitative estimate of drug-likeness (QED) is 0.562. The fraction of sp³-hybridized carbons (Fsp3) is 0.655. The second-order valence-corrected chi connectivity index (χ2v) is 12.6. The number of piperidine rings is 1. The molecule has 2 aliphatic carbocycles. The molecule has 2 saturated heterocycles. The monoisotopic (exact) mass is 495 g/mol. The molecule has 2 aromatic rings. The lowest BCUT2D eigenvalue weighted by Gasteiger charge is -2.47. The summed E-state index contributed by atoms with van der Waals surface area (Å²) in [7, 11) is 0. The molecule has 3 heterocycles. The third kappa shape index (κ3) is 4.15. The van der Waals surface area contributed by atoms with E-state index in [0.29, 0.717) is 42.4 Å². The molecular formula is C29H38FN3OS. The maximum absolute atomic E-state index is 14.8. The first-order chi connectivity index (χ1) is 17.1. The molecule has 6 heteroatoms. The van der Waals surface area contributed by atoms with E-state index in [-0.39, 0.29) is 11.3 Å². The van der Waals surface area contributed by atoms with Crippen molar-refractivity contribution in [3.8, 4) is 0 Å². The molecule has 1 N–H and O–H groups in total. The Balaban J connectivity index is 1.30. The standard InChI is InChI=1S/C29H38FN3OS/c1-19-32-26-24(30)12-14-29(27(26)35-19)18-31-17-23(29)28(34)33-15-13-22(20-8-4-2-5-9-20)16-25(33)21-10-6-3-7-11-21/h2,4-5,8-9,21-25,31H,3,6-7,10-18H2,1H3/t22-,23?,24?,25+,29-/m1/s1. The topological polar surface area (TPSA) is 45.2 Å². The van der Waals surface area contributed by atoms with Gasteiger partial charge in [-0.15, -0.1) is 11.3 Å². The summed E-state index contributed by atoms with van der Waals surface area (Å²) in [4.78, 5) is 22.4. The number of amides is 1. The zero-order valence-corrected chi connectivity index (χ0v) is 21.7. The van der Waals surface area contributed by atoms with E-state index in [1.165, 1.54) is 37.7 Å². The molecule has 5 atom stereocenters. The van der Waals surface area contributed by atoms with E-state index in [1.54, 1.807) is 11.3 Å². The van der Waals surface area contributed by atoms with Crippen LogP contribution in [0.4, 0.5) is 4.39 Å². The fourth-order valence-corrected chi connectivity index (χ4v) is 8.93. The number of hydrogen-bond donors (Lipinski definition) is 1. The van der Waals surface area contributed by atoms with Gasteiger partial charge >= 0.3 is 0 Å². The van der Waals surface area contributed by atoms with Crippen LogP contribution in [-0.2, 0) is 10.2 Å². The Bertz CT molecular complexity index is 1050. The van der Waals surface area contributed by atoms with Gasteiger partial charge in [0.25, 0.3) is 0 Å². The lowest BCUT2D eigenvalue weighted by molar-refractivity contribution is -0.143. The first-order valence-electron chi connectivity index (χ1n) is 13.7. The van der Waals surface area contributed by atoms with Crippen LogP contribution in [0.2, 0.25) is 0 Å². The predicted octanol–water partition coefficient (Wildman–Crippen LogP) is 6.07. The number of carbonyl (C=O) groups excluding carboxylic acids is 1. The summed E-state index contributed by atoms with van der Waals surface area (Å²) in [6.45, 7) is 4.27. The first-order valence-corrected chi connectivity index (χ1v) is 14.6. The number of aryl methyl sites for hydroxylation is 1. The first kappa shape index (κ1) is 23.6. The van der Waals surface area contributed by atoms with Gasteiger partial charge < -0.3 is 10.2 Å². The van der Waals surface area contributed by atoms with Gasteiger partial charge in [-0.2, -0.15) is 0 Å². The Kier molecular flexibility index (Phi) is 6.46. The number of fused-ring (bicyclic) bond motifs is 2. The Morgan fingerprint density at radius 2 is 1.94 bits per heavy atom. The number of alkyl halides is 1. The molecule has 1 saturated carbocycles. The van der Waals surface area contributed by atoms with Crippen molar-refractivity contribution in [2.24, 2.45) is 11.8 Å². The van der Waals surface area contributed by atoms with Crippen molar-refractivity contribution in [2.75, 3.05) is 19.6 Å². The minimum atomic E-state index is -0.992. The van der Waals surface area contributed by atoms with E-state index in [9.17, 15) is 9.18 Å². The number of nitrogens with zero attached hydrogens (tertiary/aromatic N) is 2. The Morgan fingerprint density at radius 1 is 1.14 bits per heavy atom. The molecular weight excluding hydrogens is 457 g/mol. The van der Waals surface area contributed by atoms with Crippen LogP contribution in [0, 0.1) is 18.8 Å². The summed E-state index contributed by atoms with van der Waals surface area (Å²) in [5.41, 5.74) is 1.74. The van der Waals surface area contributed by atoms with Gasteiger partial charge in [-0.1, -0.05) is 49.6 Å². The molecule has 1 aromatic carbocycles. The van der Waals surface area contributed by atoms with Gasteiger partial charge in [-0.25, -0.2) is 9.37 Å². The number of benzene rings is 1. The molecule has 2 unspecified atom stereocenters. The van der Waals surface area contributed by atoms with Crippen molar-refractivity contribution < 1.29 is 9.18 Å². The maximum atomic E-state index is 14.8.